The molecule has 1 fully saturated rings. The standard InChI is InChI=1S/C10H17N3O/c1-9(14)12-10-4-7-13(8-10)6-3-2-5-11/h10H,2-4,6-8H2,1H3,(H,12,14). The Kier molecular flexibility index (Phi) is 4.41. The fourth-order valence-electron chi connectivity index (χ4n) is 1.82. The maximum atomic E-state index is 10.8. The van der Waals surface area contributed by atoms with E-state index in [4.69, 9.17) is 5.26 Å². The van der Waals surface area contributed by atoms with E-state index in [0.717, 1.165) is 32.5 Å². The van der Waals surface area contributed by atoms with E-state index in [1.54, 1.807) is 6.92 Å². The van der Waals surface area contributed by atoms with Gasteiger partial charge in [0.2, 0.25) is 5.91 Å². The zero-order chi connectivity index (χ0) is 10.4. The van der Waals surface area contributed by atoms with Crippen LogP contribution in [0.1, 0.15) is 26.2 Å². The number of amides is 1. The first kappa shape index (κ1) is 11.0. The van der Waals surface area contributed by atoms with Crippen LogP contribution in [0.3, 0.4) is 0 Å². The van der Waals surface area contributed by atoms with Gasteiger partial charge in [-0.15, -0.1) is 0 Å². The van der Waals surface area contributed by atoms with Gasteiger partial charge in [0.25, 0.3) is 0 Å². The van der Waals surface area contributed by atoms with Crippen molar-refractivity contribution in [2.45, 2.75) is 32.2 Å². The maximum Gasteiger partial charge on any atom is 0.217 e. The summed E-state index contributed by atoms with van der Waals surface area (Å²) in [7, 11) is 0. The van der Waals surface area contributed by atoms with Crippen LogP contribution in [0.5, 0.6) is 0 Å². The predicted octanol–water partition coefficient (Wildman–Crippen LogP) is 0.501. The first-order valence-corrected chi connectivity index (χ1v) is 5.09. The molecule has 0 aromatic heterocycles. The smallest absolute Gasteiger partial charge is 0.217 e. The van der Waals surface area contributed by atoms with Crippen molar-refractivity contribution in [1.82, 2.24) is 10.2 Å². The van der Waals surface area contributed by atoms with E-state index in [0.29, 0.717) is 12.5 Å². The molecule has 1 atom stereocenters. The molecule has 0 aromatic rings. The number of nitriles is 1. The summed E-state index contributed by atoms with van der Waals surface area (Å²) < 4.78 is 0. The van der Waals surface area contributed by atoms with Crippen LogP contribution in [-0.4, -0.2) is 36.5 Å². The lowest BCUT2D eigenvalue weighted by molar-refractivity contribution is -0.119. The molecule has 1 unspecified atom stereocenters. The minimum absolute atomic E-state index is 0.0499. The van der Waals surface area contributed by atoms with Gasteiger partial charge in [0.05, 0.1) is 6.07 Å². The summed E-state index contributed by atoms with van der Waals surface area (Å²) in [5.74, 6) is 0.0499. The minimum atomic E-state index is 0.0499. The number of nitrogens with one attached hydrogen (secondary N) is 1. The van der Waals surface area contributed by atoms with Gasteiger partial charge in [-0.3, -0.25) is 4.79 Å². The van der Waals surface area contributed by atoms with Crippen LogP contribution in [0.25, 0.3) is 0 Å². The lowest BCUT2D eigenvalue weighted by atomic mass is 10.2. The van der Waals surface area contributed by atoms with Gasteiger partial charge >= 0.3 is 0 Å². The molecular weight excluding hydrogens is 178 g/mol. The van der Waals surface area contributed by atoms with Gasteiger partial charge in [0.1, 0.15) is 0 Å². The van der Waals surface area contributed by atoms with Gasteiger partial charge < -0.3 is 10.2 Å². The molecule has 1 heterocycles. The Labute approximate surface area is 84.9 Å². The second-order valence-corrected chi connectivity index (χ2v) is 3.75. The number of rotatable bonds is 4. The Morgan fingerprint density at radius 2 is 2.50 bits per heavy atom. The second-order valence-electron chi connectivity index (χ2n) is 3.75. The number of carbonyl (C=O) groups excluding carboxylic acids is 1. The van der Waals surface area contributed by atoms with Crippen molar-refractivity contribution >= 4 is 5.91 Å². The average Bonchev–Trinajstić information content (AvgIpc) is 2.52. The molecule has 0 aliphatic carbocycles. The van der Waals surface area contributed by atoms with E-state index in [9.17, 15) is 4.79 Å². The molecule has 0 bridgehead atoms. The molecule has 1 N–H and O–H groups in total. The molecule has 78 valence electrons. The van der Waals surface area contributed by atoms with E-state index in [1.165, 1.54) is 0 Å². The van der Waals surface area contributed by atoms with Gasteiger partial charge in [-0.2, -0.15) is 5.26 Å². The third kappa shape index (κ3) is 3.75. The fourth-order valence-corrected chi connectivity index (χ4v) is 1.82. The molecule has 4 nitrogen and oxygen atoms in total. The summed E-state index contributed by atoms with van der Waals surface area (Å²) in [5.41, 5.74) is 0. The molecule has 0 radical (unpaired) electrons. The first-order valence-electron chi connectivity index (χ1n) is 5.09. The van der Waals surface area contributed by atoms with Crippen LogP contribution in [0.2, 0.25) is 0 Å². The largest absolute Gasteiger partial charge is 0.352 e. The number of likely N-dealkylation sites (tertiary alicyclic amines) is 1. The van der Waals surface area contributed by atoms with Gasteiger partial charge in [-0.1, -0.05) is 0 Å². The molecule has 1 aliphatic heterocycles. The normalized spacial score (nSPS) is 21.9. The zero-order valence-electron chi connectivity index (χ0n) is 8.62. The summed E-state index contributed by atoms with van der Waals surface area (Å²) in [4.78, 5) is 13.1. The number of hydrogen-bond acceptors (Lipinski definition) is 3. The predicted molar refractivity (Wildman–Crippen MR) is 53.5 cm³/mol. The van der Waals surface area contributed by atoms with Gasteiger partial charge in [0.15, 0.2) is 0 Å². The number of carbonyl (C=O) groups is 1. The van der Waals surface area contributed by atoms with Crippen molar-refractivity contribution in [2.75, 3.05) is 19.6 Å². The van der Waals surface area contributed by atoms with Crippen molar-refractivity contribution in [3.8, 4) is 6.07 Å². The van der Waals surface area contributed by atoms with Crippen LogP contribution in [0.15, 0.2) is 0 Å². The SMILES string of the molecule is CC(=O)NC1CCN(CCCC#N)C1. The second kappa shape index (κ2) is 5.61. The third-order valence-electron chi connectivity index (χ3n) is 2.44. The molecule has 1 aliphatic rings. The Bertz CT molecular complexity index is 234. The molecule has 1 amide bonds. The summed E-state index contributed by atoms with van der Waals surface area (Å²) in [5, 5.41) is 11.3. The van der Waals surface area contributed by atoms with Crippen molar-refractivity contribution in [2.24, 2.45) is 0 Å². The topological polar surface area (TPSA) is 56.1 Å². The zero-order valence-corrected chi connectivity index (χ0v) is 8.62. The van der Waals surface area contributed by atoms with Gasteiger partial charge in [-0.25, -0.2) is 0 Å². The quantitative estimate of drug-likeness (QED) is 0.665. The van der Waals surface area contributed by atoms with Crippen LogP contribution >= 0.6 is 0 Å². The van der Waals surface area contributed by atoms with Gasteiger partial charge in [0, 0.05) is 32.5 Å². The summed E-state index contributed by atoms with van der Waals surface area (Å²) >= 11 is 0. The Balaban J connectivity index is 2.14. The highest BCUT2D eigenvalue weighted by Gasteiger charge is 2.21. The first-order chi connectivity index (χ1) is 6.72. The van der Waals surface area contributed by atoms with E-state index in [-0.39, 0.29) is 5.91 Å². The Morgan fingerprint density at radius 3 is 3.14 bits per heavy atom. The van der Waals surface area contributed by atoms with E-state index < -0.39 is 0 Å². The van der Waals surface area contributed by atoms with Crippen molar-refractivity contribution in [1.29, 1.82) is 5.26 Å². The molecule has 1 saturated heterocycles. The molecule has 4 heteroatoms. The monoisotopic (exact) mass is 195 g/mol. The van der Waals surface area contributed by atoms with E-state index >= 15 is 0 Å². The third-order valence-corrected chi connectivity index (χ3v) is 2.44. The lowest BCUT2D eigenvalue weighted by Crippen LogP contribution is -2.35. The van der Waals surface area contributed by atoms with Crippen molar-refractivity contribution in [3.05, 3.63) is 0 Å². The molecule has 0 spiro atoms. The highest BCUT2D eigenvalue weighted by molar-refractivity contribution is 5.73. The number of nitrogens with zero attached hydrogens (tertiary/aromatic N) is 2. The Hall–Kier alpha value is -1.08. The maximum absolute atomic E-state index is 10.8. The van der Waals surface area contributed by atoms with Crippen LogP contribution in [0, 0.1) is 11.3 Å². The lowest BCUT2D eigenvalue weighted by Gasteiger charge is -2.15. The molecule has 14 heavy (non-hydrogen) atoms. The highest BCUT2D eigenvalue weighted by Crippen LogP contribution is 2.09. The summed E-state index contributed by atoms with van der Waals surface area (Å²) in [6.07, 6.45) is 2.59. The molecule has 0 saturated carbocycles. The van der Waals surface area contributed by atoms with Crippen LogP contribution < -0.4 is 5.32 Å². The summed E-state index contributed by atoms with van der Waals surface area (Å²) in [6.45, 7) is 4.50. The van der Waals surface area contributed by atoms with Crippen molar-refractivity contribution < 1.29 is 4.79 Å². The summed E-state index contributed by atoms with van der Waals surface area (Å²) in [6, 6.07) is 2.45. The van der Waals surface area contributed by atoms with Gasteiger partial charge in [-0.05, 0) is 19.4 Å². The highest BCUT2D eigenvalue weighted by atomic mass is 16.1. The van der Waals surface area contributed by atoms with E-state index in [2.05, 4.69) is 16.3 Å². The average molecular weight is 195 g/mol. The van der Waals surface area contributed by atoms with Crippen LogP contribution in [0.4, 0.5) is 0 Å². The Morgan fingerprint density at radius 1 is 1.71 bits per heavy atom. The molecule has 0 aromatic carbocycles. The minimum Gasteiger partial charge on any atom is -0.352 e. The molecular formula is C10H17N3O. The van der Waals surface area contributed by atoms with Crippen LogP contribution in [-0.2, 0) is 4.79 Å². The van der Waals surface area contributed by atoms with E-state index in [1.807, 2.05) is 0 Å². The number of hydrogen-bond donors (Lipinski definition) is 1. The van der Waals surface area contributed by atoms with Crippen molar-refractivity contribution in [3.63, 3.8) is 0 Å². The molecule has 1 rings (SSSR count). The fraction of sp³-hybridized carbons (Fsp3) is 0.800. The number of unbranched alkanes of at least 4 members (excludes halogenated alkanes) is 1.